The van der Waals surface area contributed by atoms with Crippen LogP contribution in [0.4, 0.5) is 0 Å². The van der Waals surface area contributed by atoms with Gasteiger partial charge in [0.15, 0.2) is 0 Å². The first-order valence-electron chi connectivity index (χ1n) is 5.84. The van der Waals surface area contributed by atoms with Crippen molar-refractivity contribution in [3.63, 3.8) is 0 Å². The Morgan fingerprint density at radius 1 is 1.33 bits per heavy atom. The highest BCUT2D eigenvalue weighted by Crippen LogP contribution is 2.30. The van der Waals surface area contributed by atoms with Crippen molar-refractivity contribution in [3.05, 3.63) is 0 Å². The van der Waals surface area contributed by atoms with E-state index in [9.17, 15) is 4.79 Å². The molecule has 0 radical (unpaired) electrons. The summed E-state index contributed by atoms with van der Waals surface area (Å²) >= 11 is 0. The highest BCUT2D eigenvalue weighted by atomic mass is 16.5. The number of hydrogen-bond acceptors (Lipinski definition) is 3. The third-order valence-electron chi connectivity index (χ3n) is 3.61. The molecule has 0 aromatic carbocycles. The fraction of sp³-hybridized carbons (Fsp3) is 0.917. The molecule has 3 nitrogen and oxygen atoms in total. The topological polar surface area (TPSA) is 38.3 Å². The molecule has 1 saturated carbocycles. The molecule has 1 aliphatic carbocycles. The number of ether oxygens (including phenoxy) is 1. The van der Waals surface area contributed by atoms with Crippen LogP contribution < -0.4 is 5.32 Å². The van der Waals surface area contributed by atoms with Crippen LogP contribution >= 0.6 is 0 Å². The van der Waals surface area contributed by atoms with E-state index in [0.717, 1.165) is 0 Å². The third kappa shape index (κ3) is 3.20. The minimum atomic E-state index is -0.128. The molecule has 2 unspecified atom stereocenters. The zero-order valence-electron chi connectivity index (χ0n) is 10.3. The minimum absolute atomic E-state index is 0.0765. The maximum Gasteiger partial charge on any atom is 0.309 e. The highest BCUT2D eigenvalue weighted by Gasteiger charge is 2.32. The van der Waals surface area contributed by atoms with Crippen LogP contribution in [0.5, 0.6) is 0 Å². The maximum absolute atomic E-state index is 11.4. The van der Waals surface area contributed by atoms with Gasteiger partial charge < -0.3 is 10.1 Å². The number of carbonyl (C=O) groups excluding carboxylic acids is 1. The van der Waals surface area contributed by atoms with Gasteiger partial charge in [0.2, 0.25) is 0 Å². The minimum Gasteiger partial charge on any atom is -0.469 e. The second-order valence-electron chi connectivity index (χ2n) is 5.01. The summed E-state index contributed by atoms with van der Waals surface area (Å²) in [7, 11) is 1.45. The summed E-state index contributed by atoms with van der Waals surface area (Å²) in [6.45, 7) is 6.23. The molecule has 0 saturated heterocycles. The van der Waals surface area contributed by atoms with Gasteiger partial charge in [-0.15, -0.1) is 0 Å². The molecule has 88 valence electrons. The molecule has 0 aliphatic heterocycles. The second kappa shape index (κ2) is 4.97. The summed E-state index contributed by atoms with van der Waals surface area (Å²) in [6.07, 6.45) is 5.02. The SMILES string of the molecule is COC(=O)C(C)C(C)NC1(C)CCCC1. The molecule has 0 aromatic heterocycles. The molecule has 0 aromatic rings. The van der Waals surface area contributed by atoms with Crippen LogP contribution in [0.1, 0.15) is 46.5 Å². The summed E-state index contributed by atoms with van der Waals surface area (Å²) in [5.74, 6) is -0.205. The predicted molar refractivity (Wildman–Crippen MR) is 60.7 cm³/mol. The van der Waals surface area contributed by atoms with E-state index in [1.807, 2.05) is 6.92 Å². The quantitative estimate of drug-likeness (QED) is 0.727. The number of nitrogens with one attached hydrogen (secondary N) is 1. The molecule has 0 heterocycles. The molecular weight excluding hydrogens is 190 g/mol. The Morgan fingerprint density at radius 2 is 1.87 bits per heavy atom. The monoisotopic (exact) mass is 213 g/mol. The summed E-state index contributed by atoms with van der Waals surface area (Å²) in [4.78, 5) is 11.4. The van der Waals surface area contributed by atoms with Gasteiger partial charge in [-0.2, -0.15) is 0 Å². The molecule has 1 N–H and O–H groups in total. The molecule has 15 heavy (non-hydrogen) atoms. The Balaban J connectivity index is 2.47. The van der Waals surface area contributed by atoms with Gasteiger partial charge in [0.05, 0.1) is 13.0 Å². The molecule has 1 aliphatic rings. The molecule has 0 amide bonds. The van der Waals surface area contributed by atoms with Crippen LogP contribution in [0, 0.1) is 5.92 Å². The fourth-order valence-corrected chi connectivity index (χ4v) is 2.36. The Hall–Kier alpha value is -0.570. The average molecular weight is 213 g/mol. The lowest BCUT2D eigenvalue weighted by molar-refractivity contribution is -0.145. The maximum atomic E-state index is 11.4. The Bertz CT molecular complexity index is 222. The lowest BCUT2D eigenvalue weighted by Gasteiger charge is -2.31. The van der Waals surface area contributed by atoms with E-state index in [2.05, 4.69) is 19.2 Å². The fourth-order valence-electron chi connectivity index (χ4n) is 2.36. The van der Waals surface area contributed by atoms with Gasteiger partial charge in [0.1, 0.15) is 0 Å². The van der Waals surface area contributed by atoms with Crippen LogP contribution in [0.3, 0.4) is 0 Å². The van der Waals surface area contributed by atoms with Crippen LogP contribution in [0.2, 0.25) is 0 Å². The van der Waals surface area contributed by atoms with Crippen molar-refractivity contribution in [1.82, 2.24) is 5.32 Å². The third-order valence-corrected chi connectivity index (χ3v) is 3.61. The average Bonchev–Trinajstić information content (AvgIpc) is 2.62. The first kappa shape index (κ1) is 12.5. The molecule has 3 heteroatoms. The van der Waals surface area contributed by atoms with Crippen molar-refractivity contribution in [2.24, 2.45) is 5.92 Å². The van der Waals surface area contributed by atoms with E-state index in [1.165, 1.54) is 32.8 Å². The van der Waals surface area contributed by atoms with E-state index < -0.39 is 0 Å². The van der Waals surface area contributed by atoms with Crippen molar-refractivity contribution < 1.29 is 9.53 Å². The number of esters is 1. The van der Waals surface area contributed by atoms with Gasteiger partial charge in [-0.05, 0) is 26.7 Å². The lowest BCUT2D eigenvalue weighted by Crippen LogP contribution is -2.49. The first-order chi connectivity index (χ1) is 6.98. The van der Waals surface area contributed by atoms with Gasteiger partial charge >= 0.3 is 5.97 Å². The first-order valence-corrected chi connectivity index (χ1v) is 5.84. The summed E-state index contributed by atoms with van der Waals surface area (Å²) < 4.78 is 4.75. The molecule has 1 fully saturated rings. The number of rotatable bonds is 4. The van der Waals surface area contributed by atoms with Gasteiger partial charge in [0.25, 0.3) is 0 Å². The summed E-state index contributed by atoms with van der Waals surface area (Å²) in [6, 6.07) is 0.181. The number of methoxy groups -OCH3 is 1. The zero-order valence-corrected chi connectivity index (χ0v) is 10.3. The molecule has 2 atom stereocenters. The van der Waals surface area contributed by atoms with Crippen molar-refractivity contribution in [2.75, 3.05) is 7.11 Å². The Labute approximate surface area is 92.6 Å². The number of carbonyl (C=O) groups is 1. The highest BCUT2D eigenvalue weighted by molar-refractivity contribution is 5.72. The zero-order chi connectivity index (χ0) is 11.5. The van der Waals surface area contributed by atoms with Gasteiger partial charge in [-0.25, -0.2) is 0 Å². The van der Waals surface area contributed by atoms with Gasteiger partial charge in [-0.3, -0.25) is 4.79 Å². The second-order valence-corrected chi connectivity index (χ2v) is 5.01. The molecule has 0 bridgehead atoms. The lowest BCUT2D eigenvalue weighted by atomic mass is 9.95. The van der Waals surface area contributed by atoms with Gasteiger partial charge in [-0.1, -0.05) is 19.8 Å². The van der Waals surface area contributed by atoms with Crippen molar-refractivity contribution in [2.45, 2.75) is 58.0 Å². The van der Waals surface area contributed by atoms with Crippen molar-refractivity contribution in [3.8, 4) is 0 Å². The normalized spacial score (nSPS) is 23.5. The van der Waals surface area contributed by atoms with Crippen LogP contribution in [-0.2, 0) is 9.53 Å². The van der Waals surface area contributed by atoms with Crippen LogP contribution in [0.25, 0.3) is 0 Å². The van der Waals surface area contributed by atoms with Crippen molar-refractivity contribution >= 4 is 5.97 Å². The van der Waals surface area contributed by atoms with Gasteiger partial charge in [0, 0.05) is 11.6 Å². The van der Waals surface area contributed by atoms with Crippen LogP contribution in [-0.4, -0.2) is 24.7 Å². The van der Waals surface area contributed by atoms with E-state index in [-0.39, 0.29) is 23.5 Å². The predicted octanol–water partition coefficient (Wildman–Crippen LogP) is 2.11. The summed E-state index contributed by atoms with van der Waals surface area (Å²) in [5.41, 5.74) is 0.224. The van der Waals surface area contributed by atoms with Crippen LogP contribution in [0.15, 0.2) is 0 Å². The Morgan fingerprint density at radius 3 is 2.33 bits per heavy atom. The number of hydrogen-bond donors (Lipinski definition) is 1. The largest absolute Gasteiger partial charge is 0.469 e. The smallest absolute Gasteiger partial charge is 0.309 e. The van der Waals surface area contributed by atoms with E-state index >= 15 is 0 Å². The molecular formula is C12H23NO2. The van der Waals surface area contributed by atoms with E-state index in [4.69, 9.17) is 4.74 Å². The standard InChI is InChI=1S/C12H23NO2/c1-9(11(14)15-4)10(2)13-12(3)7-5-6-8-12/h9-10,13H,5-8H2,1-4H3. The molecule has 1 rings (SSSR count). The van der Waals surface area contributed by atoms with Crippen molar-refractivity contribution in [1.29, 1.82) is 0 Å². The van der Waals surface area contributed by atoms with E-state index in [1.54, 1.807) is 0 Å². The summed E-state index contributed by atoms with van der Waals surface area (Å²) in [5, 5.41) is 3.57. The molecule has 0 spiro atoms. The Kier molecular flexibility index (Phi) is 4.14. The van der Waals surface area contributed by atoms with E-state index in [0.29, 0.717) is 0 Å².